The number of urea groups is 1. The zero-order valence-corrected chi connectivity index (χ0v) is 6.38. The fourth-order valence-electron chi connectivity index (χ4n) is 1.60. The van der Waals surface area contributed by atoms with Crippen molar-refractivity contribution in [3.8, 4) is 0 Å². The van der Waals surface area contributed by atoms with Crippen LogP contribution >= 0.6 is 0 Å². The molecule has 2 aliphatic heterocycles. The first-order valence-corrected chi connectivity index (χ1v) is 4.00. The van der Waals surface area contributed by atoms with Gasteiger partial charge < -0.3 is 15.0 Å². The molecule has 1 unspecified atom stereocenters. The molecule has 0 aromatic heterocycles. The summed E-state index contributed by atoms with van der Waals surface area (Å²) >= 11 is 0. The van der Waals surface area contributed by atoms with Crippen LogP contribution in [0.25, 0.3) is 0 Å². The van der Waals surface area contributed by atoms with Crippen molar-refractivity contribution in [3.05, 3.63) is 0 Å². The topological polar surface area (TPSA) is 41.6 Å². The highest BCUT2D eigenvalue weighted by Gasteiger charge is 2.29. The molecule has 0 aromatic rings. The van der Waals surface area contributed by atoms with Crippen LogP contribution < -0.4 is 5.32 Å². The monoisotopic (exact) mass is 156 g/mol. The van der Waals surface area contributed by atoms with E-state index in [2.05, 4.69) is 5.32 Å². The van der Waals surface area contributed by atoms with Crippen LogP contribution in [0.4, 0.5) is 4.79 Å². The Hall–Kier alpha value is -0.770. The molecule has 0 radical (unpaired) electrons. The van der Waals surface area contributed by atoms with E-state index < -0.39 is 0 Å². The average molecular weight is 156 g/mol. The molecular weight excluding hydrogens is 144 g/mol. The normalized spacial score (nSPS) is 31.1. The maximum absolute atomic E-state index is 11.1. The Labute approximate surface area is 65.5 Å². The van der Waals surface area contributed by atoms with Crippen molar-refractivity contribution in [1.82, 2.24) is 10.2 Å². The Morgan fingerprint density at radius 2 is 2.55 bits per heavy atom. The molecule has 1 atom stereocenters. The molecule has 2 amide bonds. The first kappa shape index (κ1) is 6.91. The van der Waals surface area contributed by atoms with Crippen LogP contribution in [0.2, 0.25) is 0 Å². The van der Waals surface area contributed by atoms with E-state index in [1.165, 1.54) is 0 Å². The summed E-state index contributed by atoms with van der Waals surface area (Å²) in [5.74, 6) is 0. The molecule has 0 spiro atoms. The highest BCUT2D eigenvalue weighted by Crippen LogP contribution is 2.13. The standard InChI is InChI=1S/C7H12N2O2/c10-7-8-2-3-9(7)6-1-4-11-5-6/h6H,1-5H2,(H,8,10). The lowest BCUT2D eigenvalue weighted by Gasteiger charge is -2.20. The molecule has 0 bridgehead atoms. The zero-order chi connectivity index (χ0) is 7.68. The van der Waals surface area contributed by atoms with Crippen molar-refractivity contribution in [3.63, 3.8) is 0 Å². The first-order valence-electron chi connectivity index (χ1n) is 4.00. The van der Waals surface area contributed by atoms with Gasteiger partial charge in [0.2, 0.25) is 0 Å². The van der Waals surface area contributed by atoms with E-state index in [1.807, 2.05) is 4.90 Å². The minimum atomic E-state index is 0.0699. The van der Waals surface area contributed by atoms with Gasteiger partial charge in [-0.2, -0.15) is 0 Å². The van der Waals surface area contributed by atoms with Crippen molar-refractivity contribution in [2.24, 2.45) is 0 Å². The molecule has 2 saturated heterocycles. The molecule has 11 heavy (non-hydrogen) atoms. The van der Waals surface area contributed by atoms with Crippen LogP contribution in [0, 0.1) is 0 Å². The molecule has 2 rings (SSSR count). The Balaban J connectivity index is 1.97. The van der Waals surface area contributed by atoms with E-state index in [4.69, 9.17) is 4.74 Å². The summed E-state index contributed by atoms with van der Waals surface area (Å²) in [6.07, 6.45) is 0.993. The minimum absolute atomic E-state index is 0.0699. The molecule has 0 saturated carbocycles. The Morgan fingerprint density at radius 1 is 1.64 bits per heavy atom. The molecule has 4 heteroatoms. The lowest BCUT2D eigenvalue weighted by Crippen LogP contribution is -2.38. The SMILES string of the molecule is O=C1NCCN1C1CCOC1. The number of hydrogen-bond acceptors (Lipinski definition) is 2. The fourth-order valence-corrected chi connectivity index (χ4v) is 1.60. The van der Waals surface area contributed by atoms with Crippen molar-refractivity contribution < 1.29 is 9.53 Å². The quantitative estimate of drug-likeness (QED) is 0.571. The van der Waals surface area contributed by atoms with Gasteiger partial charge in [-0.25, -0.2) is 4.79 Å². The smallest absolute Gasteiger partial charge is 0.317 e. The second-order valence-electron chi connectivity index (χ2n) is 2.94. The minimum Gasteiger partial charge on any atom is -0.379 e. The zero-order valence-electron chi connectivity index (χ0n) is 6.38. The third-order valence-electron chi connectivity index (χ3n) is 2.24. The van der Waals surface area contributed by atoms with Gasteiger partial charge in [0.1, 0.15) is 0 Å². The van der Waals surface area contributed by atoms with Gasteiger partial charge in [-0.3, -0.25) is 0 Å². The second-order valence-corrected chi connectivity index (χ2v) is 2.94. The summed E-state index contributed by atoms with van der Waals surface area (Å²) < 4.78 is 5.20. The predicted octanol–water partition coefficient (Wildman–Crippen LogP) is -0.200. The van der Waals surface area contributed by atoms with Crippen LogP contribution in [-0.4, -0.2) is 43.3 Å². The number of hydrogen-bond donors (Lipinski definition) is 1. The van der Waals surface area contributed by atoms with E-state index >= 15 is 0 Å². The first-order chi connectivity index (χ1) is 5.38. The fraction of sp³-hybridized carbons (Fsp3) is 0.857. The van der Waals surface area contributed by atoms with E-state index in [0.717, 1.165) is 26.1 Å². The van der Waals surface area contributed by atoms with Gasteiger partial charge in [0.15, 0.2) is 0 Å². The van der Waals surface area contributed by atoms with Gasteiger partial charge in [-0.15, -0.1) is 0 Å². The summed E-state index contributed by atoms with van der Waals surface area (Å²) in [5.41, 5.74) is 0. The molecule has 2 aliphatic rings. The van der Waals surface area contributed by atoms with E-state index in [-0.39, 0.29) is 6.03 Å². The van der Waals surface area contributed by atoms with Gasteiger partial charge >= 0.3 is 6.03 Å². The molecule has 4 nitrogen and oxygen atoms in total. The summed E-state index contributed by atoms with van der Waals surface area (Å²) in [4.78, 5) is 13.0. The summed E-state index contributed by atoms with van der Waals surface area (Å²) in [7, 11) is 0. The molecule has 2 heterocycles. The van der Waals surface area contributed by atoms with E-state index in [1.54, 1.807) is 0 Å². The van der Waals surface area contributed by atoms with E-state index in [0.29, 0.717) is 12.6 Å². The number of carbonyl (C=O) groups excluding carboxylic acids is 1. The van der Waals surface area contributed by atoms with Crippen LogP contribution in [0.5, 0.6) is 0 Å². The summed E-state index contributed by atoms with van der Waals surface area (Å²) in [5, 5.41) is 2.78. The highest BCUT2D eigenvalue weighted by molar-refractivity contribution is 5.76. The number of rotatable bonds is 1. The molecule has 2 fully saturated rings. The molecule has 62 valence electrons. The number of carbonyl (C=O) groups is 1. The van der Waals surface area contributed by atoms with Crippen molar-refractivity contribution in [2.75, 3.05) is 26.3 Å². The average Bonchev–Trinajstić information content (AvgIpc) is 2.55. The Morgan fingerprint density at radius 3 is 3.09 bits per heavy atom. The van der Waals surface area contributed by atoms with E-state index in [9.17, 15) is 4.79 Å². The lowest BCUT2D eigenvalue weighted by atomic mass is 10.2. The van der Waals surface area contributed by atoms with Gasteiger partial charge in [-0.05, 0) is 6.42 Å². The molecule has 0 aliphatic carbocycles. The second kappa shape index (κ2) is 2.70. The Bertz CT molecular complexity index is 166. The van der Waals surface area contributed by atoms with Crippen LogP contribution in [0.15, 0.2) is 0 Å². The molecule has 1 N–H and O–H groups in total. The highest BCUT2D eigenvalue weighted by atomic mass is 16.5. The molecule has 0 aromatic carbocycles. The van der Waals surface area contributed by atoms with Crippen LogP contribution in [0.3, 0.4) is 0 Å². The third kappa shape index (κ3) is 1.18. The molecular formula is C7H12N2O2. The van der Waals surface area contributed by atoms with Gasteiger partial charge in [0.05, 0.1) is 12.6 Å². The maximum atomic E-state index is 11.1. The summed E-state index contributed by atoms with van der Waals surface area (Å²) in [6.45, 7) is 3.14. The van der Waals surface area contributed by atoms with Crippen molar-refractivity contribution >= 4 is 6.03 Å². The van der Waals surface area contributed by atoms with Gasteiger partial charge in [0.25, 0.3) is 0 Å². The third-order valence-corrected chi connectivity index (χ3v) is 2.24. The maximum Gasteiger partial charge on any atom is 0.317 e. The lowest BCUT2D eigenvalue weighted by molar-refractivity contribution is 0.160. The predicted molar refractivity (Wildman–Crippen MR) is 39.3 cm³/mol. The summed E-state index contributed by atoms with van der Waals surface area (Å²) in [6, 6.07) is 0.401. The van der Waals surface area contributed by atoms with Crippen molar-refractivity contribution in [1.29, 1.82) is 0 Å². The van der Waals surface area contributed by atoms with Crippen LogP contribution in [-0.2, 0) is 4.74 Å². The van der Waals surface area contributed by atoms with Gasteiger partial charge in [0, 0.05) is 19.7 Å². The largest absolute Gasteiger partial charge is 0.379 e. The number of ether oxygens (including phenoxy) is 1. The number of amides is 2. The Kier molecular flexibility index (Phi) is 1.69. The number of nitrogens with one attached hydrogen (secondary N) is 1. The van der Waals surface area contributed by atoms with Crippen LogP contribution in [0.1, 0.15) is 6.42 Å². The number of nitrogens with zero attached hydrogens (tertiary/aromatic N) is 1. The van der Waals surface area contributed by atoms with Gasteiger partial charge in [-0.1, -0.05) is 0 Å². The van der Waals surface area contributed by atoms with Crippen molar-refractivity contribution in [2.45, 2.75) is 12.5 Å².